The maximum Gasteiger partial charge on any atom is 0.147 e. The average Bonchev–Trinajstić information content (AvgIpc) is 3.07. The van der Waals surface area contributed by atoms with Crippen LogP contribution >= 0.6 is 0 Å². The fourth-order valence-corrected chi connectivity index (χ4v) is 5.43. The van der Waals surface area contributed by atoms with E-state index in [1.807, 2.05) is 73.7 Å². The third-order valence-corrected chi connectivity index (χ3v) is 8.27. The van der Waals surface area contributed by atoms with Crippen molar-refractivity contribution in [2.24, 2.45) is 11.8 Å². The lowest BCUT2D eigenvalue weighted by atomic mass is 9.86. The first-order valence-electron chi connectivity index (χ1n) is 16.0. The van der Waals surface area contributed by atoms with Gasteiger partial charge in [-0.25, -0.2) is 0 Å². The van der Waals surface area contributed by atoms with Crippen LogP contribution in [0.3, 0.4) is 0 Å². The molecule has 1 saturated heterocycles. The summed E-state index contributed by atoms with van der Waals surface area (Å²) in [5.74, 6) is 0.294. The molecule has 0 bridgehead atoms. The summed E-state index contributed by atoms with van der Waals surface area (Å²) in [5, 5.41) is 0. The van der Waals surface area contributed by atoms with Gasteiger partial charge in [0.2, 0.25) is 0 Å². The Hall–Kier alpha value is -3.39. The van der Waals surface area contributed by atoms with E-state index in [0.717, 1.165) is 35.0 Å². The Kier molecular flexibility index (Phi) is 14.7. The Bertz CT molecular complexity index is 1290. The first kappa shape index (κ1) is 34.5. The Balaban J connectivity index is 1.41. The van der Waals surface area contributed by atoms with Gasteiger partial charge in [-0.05, 0) is 49.5 Å². The van der Waals surface area contributed by atoms with E-state index in [1.54, 1.807) is 6.08 Å². The molecule has 6 nitrogen and oxygen atoms in total. The third kappa shape index (κ3) is 11.8. The van der Waals surface area contributed by atoms with Crippen molar-refractivity contribution in [1.82, 2.24) is 0 Å². The van der Waals surface area contributed by atoms with Crippen molar-refractivity contribution >= 4 is 6.29 Å². The average molecular weight is 613 g/mol. The van der Waals surface area contributed by atoms with Crippen molar-refractivity contribution in [3.05, 3.63) is 131 Å². The molecular formula is C39H48O6. The maximum atomic E-state index is 11.2. The van der Waals surface area contributed by atoms with Crippen LogP contribution in [0, 0.1) is 11.8 Å². The van der Waals surface area contributed by atoms with Gasteiger partial charge in [0.25, 0.3) is 0 Å². The summed E-state index contributed by atoms with van der Waals surface area (Å²) in [5.41, 5.74) is 4.29. The highest BCUT2D eigenvalue weighted by Gasteiger charge is 2.41. The molecule has 1 fully saturated rings. The number of rotatable bonds is 18. The van der Waals surface area contributed by atoms with Crippen LogP contribution in [0.1, 0.15) is 50.3 Å². The maximum absolute atomic E-state index is 11.2. The van der Waals surface area contributed by atoms with E-state index in [1.165, 1.54) is 0 Å². The molecule has 6 atom stereocenters. The molecule has 45 heavy (non-hydrogen) atoms. The quantitative estimate of drug-likeness (QED) is 0.0479. The van der Waals surface area contributed by atoms with Gasteiger partial charge < -0.3 is 23.7 Å². The highest BCUT2D eigenvalue weighted by molar-refractivity contribution is 5.65. The van der Waals surface area contributed by atoms with Gasteiger partial charge in [0.15, 0.2) is 0 Å². The SMILES string of the molecule is C/C(=C\C=O)CC1OCC(C/C=C/[C@@H](C)[C@H](C)OCOCc2ccccc2)C(OCc2ccccc2)C1OCc1ccccc1. The van der Waals surface area contributed by atoms with Gasteiger partial charge in [0, 0.05) is 11.8 Å². The predicted octanol–water partition coefficient (Wildman–Crippen LogP) is 7.87. The fraction of sp³-hybridized carbons (Fsp3) is 0.410. The monoisotopic (exact) mass is 612 g/mol. The van der Waals surface area contributed by atoms with E-state index >= 15 is 0 Å². The zero-order chi connectivity index (χ0) is 31.7. The van der Waals surface area contributed by atoms with Gasteiger partial charge in [-0.15, -0.1) is 0 Å². The van der Waals surface area contributed by atoms with Crippen LogP contribution in [0.2, 0.25) is 0 Å². The topological polar surface area (TPSA) is 63.2 Å². The largest absolute Gasteiger partial charge is 0.375 e. The minimum Gasteiger partial charge on any atom is -0.375 e. The molecule has 3 aromatic carbocycles. The van der Waals surface area contributed by atoms with Crippen molar-refractivity contribution in [3.63, 3.8) is 0 Å². The second-order valence-corrected chi connectivity index (χ2v) is 11.9. The van der Waals surface area contributed by atoms with Gasteiger partial charge in [0.1, 0.15) is 19.2 Å². The molecule has 0 aromatic heterocycles. The molecule has 0 amide bonds. The lowest BCUT2D eigenvalue weighted by molar-refractivity contribution is -0.207. The van der Waals surface area contributed by atoms with Crippen LogP contribution in [-0.4, -0.2) is 44.1 Å². The number of aldehydes is 1. The van der Waals surface area contributed by atoms with Crippen molar-refractivity contribution in [2.75, 3.05) is 13.4 Å². The molecule has 4 rings (SSSR count). The van der Waals surface area contributed by atoms with E-state index in [-0.39, 0.29) is 43.0 Å². The summed E-state index contributed by atoms with van der Waals surface area (Å²) in [4.78, 5) is 11.2. The zero-order valence-corrected chi connectivity index (χ0v) is 26.8. The summed E-state index contributed by atoms with van der Waals surface area (Å²) in [6.45, 7) is 8.44. The van der Waals surface area contributed by atoms with Gasteiger partial charge in [-0.2, -0.15) is 0 Å². The van der Waals surface area contributed by atoms with Gasteiger partial charge in [0.05, 0.1) is 44.7 Å². The van der Waals surface area contributed by atoms with E-state index in [4.69, 9.17) is 23.7 Å². The molecule has 1 aliphatic rings. The van der Waals surface area contributed by atoms with E-state index in [0.29, 0.717) is 32.8 Å². The molecular weight excluding hydrogens is 564 g/mol. The molecule has 4 unspecified atom stereocenters. The third-order valence-electron chi connectivity index (χ3n) is 8.27. The Morgan fingerprint density at radius 2 is 1.38 bits per heavy atom. The molecule has 0 spiro atoms. The smallest absolute Gasteiger partial charge is 0.147 e. The summed E-state index contributed by atoms with van der Waals surface area (Å²) in [6.07, 6.45) is 7.51. The molecule has 0 saturated carbocycles. The van der Waals surface area contributed by atoms with Crippen LogP contribution in [0.5, 0.6) is 0 Å². The second kappa shape index (κ2) is 19.2. The van der Waals surface area contributed by atoms with Gasteiger partial charge >= 0.3 is 0 Å². The minimum atomic E-state index is -0.308. The Labute approximate surface area is 269 Å². The van der Waals surface area contributed by atoms with Gasteiger partial charge in [-0.3, -0.25) is 4.79 Å². The molecule has 0 N–H and O–H groups in total. The predicted molar refractivity (Wildman–Crippen MR) is 177 cm³/mol. The van der Waals surface area contributed by atoms with E-state index < -0.39 is 0 Å². The van der Waals surface area contributed by atoms with Gasteiger partial charge in [-0.1, -0.05) is 116 Å². The standard InChI is InChI=1S/C39H48O6/c1-30(22-23-40)24-37-39(44-27-35-19-11-6-12-20-35)38(43-26-34-17-9-5-10-18-34)36(28-42-37)21-13-14-31(2)32(3)45-29-41-25-33-15-7-4-8-16-33/h4-20,22-23,31-32,36-39H,21,24-29H2,1-3H3/b14-13+,30-22+/t31-,32+,36?,37?,38?,39?/m1/s1. The Morgan fingerprint density at radius 1 is 0.822 bits per heavy atom. The number of allylic oxidation sites excluding steroid dienone is 2. The Morgan fingerprint density at radius 3 is 1.96 bits per heavy atom. The van der Waals surface area contributed by atoms with E-state index in [9.17, 15) is 4.79 Å². The first-order valence-corrected chi connectivity index (χ1v) is 16.0. The van der Waals surface area contributed by atoms with Crippen LogP contribution in [0.15, 0.2) is 115 Å². The summed E-state index contributed by atoms with van der Waals surface area (Å²) in [7, 11) is 0. The van der Waals surface area contributed by atoms with Crippen LogP contribution in [-0.2, 0) is 48.3 Å². The number of carbonyl (C=O) groups is 1. The van der Waals surface area contributed by atoms with Crippen LogP contribution in [0.4, 0.5) is 0 Å². The first-order chi connectivity index (χ1) is 22.0. The number of carbonyl (C=O) groups excluding carboxylic acids is 1. The van der Waals surface area contributed by atoms with E-state index in [2.05, 4.69) is 50.3 Å². The van der Waals surface area contributed by atoms with Crippen LogP contribution < -0.4 is 0 Å². The molecule has 0 radical (unpaired) electrons. The number of hydrogen-bond donors (Lipinski definition) is 0. The summed E-state index contributed by atoms with van der Waals surface area (Å²) >= 11 is 0. The fourth-order valence-electron chi connectivity index (χ4n) is 5.43. The molecule has 240 valence electrons. The van der Waals surface area contributed by atoms with Crippen LogP contribution in [0.25, 0.3) is 0 Å². The molecule has 6 heteroatoms. The molecule has 1 heterocycles. The lowest BCUT2D eigenvalue weighted by Gasteiger charge is -2.42. The highest BCUT2D eigenvalue weighted by Crippen LogP contribution is 2.32. The van der Waals surface area contributed by atoms with Crippen molar-refractivity contribution < 1.29 is 28.5 Å². The van der Waals surface area contributed by atoms with Crippen molar-refractivity contribution in [1.29, 1.82) is 0 Å². The summed E-state index contributed by atoms with van der Waals surface area (Å²) < 4.78 is 31.5. The number of ether oxygens (including phenoxy) is 5. The number of hydrogen-bond acceptors (Lipinski definition) is 6. The molecule has 3 aromatic rings. The minimum absolute atomic E-state index is 0.00340. The number of benzene rings is 3. The molecule has 0 aliphatic carbocycles. The zero-order valence-electron chi connectivity index (χ0n) is 26.8. The second-order valence-electron chi connectivity index (χ2n) is 11.9. The lowest BCUT2D eigenvalue weighted by Crippen LogP contribution is -2.52. The molecule has 1 aliphatic heterocycles. The summed E-state index contributed by atoms with van der Waals surface area (Å²) in [6, 6.07) is 30.5. The van der Waals surface area contributed by atoms with Crippen molar-refractivity contribution in [2.45, 2.75) is 77.8 Å². The normalized spacial score (nSPS) is 21.9. The highest BCUT2D eigenvalue weighted by atomic mass is 16.7. The van der Waals surface area contributed by atoms with Crippen molar-refractivity contribution in [3.8, 4) is 0 Å².